The van der Waals surface area contributed by atoms with Crippen LogP contribution < -0.4 is 9.47 Å². The van der Waals surface area contributed by atoms with Gasteiger partial charge < -0.3 is 14.2 Å². The third-order valence-electron chi connectivity index (χ3n) is 3.55. The lowest BCUT2D eigenvalue weighted by Crippen LogP contribution is -2.07. The van der Waals surface area contributed by atoms with Gasteiger partial charge in [-0.25, -0.2) is 4.98 Å². The van der Waals surface area contributed by atoms with E-state index < -0.39 is 0 Å². The Morgan fingerprint density at radius 3 is 2.60 bits per heavy atom. The predicted octanol–water partition coefficient (Wildman–Crippen LogP) is 4.21. The number of benzene rings is 2. The SMILES string of the molecule is COc1ccc(OCCCC(=O)OCc2nc3ccccc3s2)cc1. The summed E-state index contributed by atoms with van der Waals surface area (Å²) >= 11 is 1.54. The van der Waals surface area contributed by atoms with E-state index in [0.717, 1.165) is 26.7 Å². The summed E-state index contributed by atoms with van der Waals surface area (Å²) in [5.74, 6) is 1.30. The topological polar surface area (TPSA) is 57.7 Å². The van der Waals surface area contributed by atoms with E-state index in [2.05, 4.69) is 4.98 Å². The largest absolute Gasteiger partial charge is 0.497 e. The minimum absolute atomic E-state index is 0.220. The van der Waals surface area contributed by atoms with Crippen LogP contribution in [0.25, 0.3) is 10.2 Å². The molecule has 0 amide bonds. The van der Waals surface area contributed by atoms with Gasteiger partial charge in [0.1, 0.15) is 23.1 Å². The van der Waals surface area contributed by atoms with Crippen molar-refractivity contribution in [3.8, 4) is 11.5 Å². The Balaban J connectivity index is 1.36. The molecule has 1 aromatic heterocycles. The minimum Gasteiger partial charge on any atom is -0.497 e. The second-order valence-electron chi connectivity index (χ2n) is 5.36. The molecule has 0 atom stereocenters. The zero-order chi connectivity index (χ0) is 17.5. The number of carbonyl (C=O) groups is 1. The van der Waals surface area contributed by atoms with Crippen molar-refractivity contribution in [1.82, 2.24) is 4.98 Å². The van der Waals surface area contributed by atoms with Crippen molar-refractivity contribution in [2.75, 3.05) is 13.7 Å². The van der Waals surface area contributed by atoms with Crippen LogP contribution in [0, 0.1) is 0 Å². The van der Waals surface area contributed by atoms with Crippen LogP contribution in [0.15, 0.2) is 48.5 Å². The minimum atomic E-state index is -0.238. The van der Waals surface area contributed by atoms with Gasteiger partial charge in [-0.15, -0.1) is 11.3 Å². The fourth-order valence-corrected chi connectivity index (χ4v) is 3.16. The van der Waals surface area contributed by atoms with Crippen LogP contribution in [0.2, 0.25) is 0 Å². The number of methoxy groups -OCH3 is 1. The number of carbonyl (C=O) groups excluding carboxylic acids is 1. The first kappa shape index (κ1) is 17.2. The fraction of sp³-hybridized carbons (Fsp3) is 0.263. The molecule has 1 heterocycles. The Morgan fingerprint density at radius 1 is 1.08 bits per heavy atom. The van der Waals surface area contributed by atoms with E-state index in [0.29, 0.717) is 19.4 Å². The maximum atomic E-state index is 11.8. The highest BCUT2D eigenvalue weighted by molar-refractivity contribution is 7.18. The molecule has 3 aromatic rings. The number of fused-ring (bicyclic) bond motifs is 1. The molecule has 0 radical (unpaired) electrons. The van der Waals surface area contributed by atoms with Gasteiger partial charge in [-0.3, -0.25) is 4.79 Å². The van der Waals surface area contributed by atoms with Crippen molar-refractivity contribution in [3.63, 3.8) is 0 Å². The van der Waals surface area contributed by atoms with Gasteiger partial charge in [0.15, 0.2) is 0 Å². The lowest BCUT2D eigenvalue weighted by atomic mass is 10.3. The first-order valence-electron chi connectivity index (χ1n) is 8.01. The first-order valence-corrected chi connectivity index (χ1v) is 8.83. The summed E-state index contributed by atoms with van der Waals surface area (Å²) in [6.07, 6.45) is 0.922. The monoisotopic (exact) mass is 357 g/mol. The molecular formula is C19H19NO4S. The van der Waals surface area contributed by atoms with E-state index in [1.807, 2.05) is 48.5 Å². The molecule has 0 aliphatic heterocycles. The lowest BCUT2D eigenvalue weighted by Gasteiger charge is -2.07. The molecule has 2 aromatic carbocycles. The fourth-order valence-electron chi connectivity index (χ4n) is 2.27. The normalized spacial score (nSPS) is 10.6. The highest BCUT2D eigenvalue weighted by Crippen LogP contribution is 2.22. The van der Waals surface area contributed by atoms with Crippen molar-refractivity contribution in [1.29, 1.82) is 0 Å². The third kappa shape index (κ3) is 4.93. The summed E-state index contributed by atoms with van der Waals surface area (Å²) in [6, 6.07) is 15.2. The molecule has 0 saturated carbocycles. The number of ether oxygens (including phenoxy) is 3. The Bertz CT molecular complexity index is 796. The van der Waals surface area contributed by atoms with Crippen LogP contribution in [0.1, 0.15) is 17.8 Å². The van der Waals surface area contributed by atoms with Crippen molar-refractivity contribution >= 4 is 27.5 Å². The summed E-state index contributed by atoms with van der Waals surface area (Å²) in [4.78, 5) is 16.3. The standard InChI is InChI=1S/C19H19NO4S/c1-22-14-8-10-15(11-9-14)23-12-4-7-19(21)24-13-18-20-16-5-2-3-6-17(16)25-18/h2-3,5-6,8-11H,4,7,12-13H2,1H3. The van der Waals surface area contributed by atoms with Gasteiger partial charge in [-0.1, -0.05) is 12.1 Å². The zero-order valence-corrected chi connectivity index (χ0v) is 14.8. The van der Waals surface area contributed by atoms with Gasteiger partial charge in [-0.2, -0.15) is 0 Å². The van der Waals surface area contributed by atoms with Crippen LogP contribution in [-0.4, -0.2) is 24.7 Å². The van der Waals surface area contributed by atoms with E-state index in [-0.39, 0.29) is 12.6 Å². The van der Waals surface area contributed by atoms with E-state index in [1.165, 1.54) is 0 Å². The summed E-state index contributed by atoms with van der Waals surface area (Å²) in [7, 11) is 1.62. The highest BCUT2D eigenvalue weighted by atomic mass is 32.1. The van der Waals surface area contributed by atoms with E-state index in [4.69, 9.17) is 14.2 Å². The van der Waals surface area contributed by atoms with Crippen molar-refractivity contribution < 1.29 is 19.0 Å². The summed E-state index contributed by atoms with van der Waals surface area (Å²) in [6.45, 7) is 0.681. The van der Waals surface area contributed by atoms with Gasteiger partial charge in [0.25, 0.3) is 0 Å². The van der Waals surface area contributed by atoms with E-state index >= 15 is 0 Å². The molecule has 0 N–H and O–H groups in total. The number of nitrogens with zero attached hydrogens (tertiary/aromatic N) is 1. The summed E-state index contributed by atoms with van der Waals surface area (Å²) in [5.41, 5.74) is 0.937. The van der Waals surface area contributed by atoms with Gasteiger partial charge in [0, 0.05) is 6.42 Å². The van der Waals surface area contributed by atoms with Crippen molar-refractivity contribution in [2.45, 2.75) is 19.4 Å². The molecule has 3 rings (SSSR count). The number of aromatic nitrogens is 1. The quantitative estimate of drug-likeness (QED) is 0.446. The van der Waals surface area contributed by atoms with Gasteiger partial charge in [0.05, 0.1) is 23.9 Å². The molecule has 0 aliphatic rings. The number of para-hydroxylation sites is 1. The van der Waals surface area contributed by atoms with Gasteiger partial charge in [-0.05, 0) is 42.8 Å². The van der Waals surface area contributed by atoms with E-state index in [1.54, 1.807) is 18.4 Å². The van der Waals surface area contributed by atoms with Crippen LogP contribution in [0.5, 0.6) is 11.5 Å². The summed E-state index contributed by atoms with van der Waals surface area (Å²) < 4.78 is 17.0. The molecule has 0 aliphatic carbocycles. The Kier molecular flexibility index (Phi) is 5.85. The average Bonchev–Trinajstić information content (AvgIpc) is 3.07. The van der Waals surface area contributed by atoms with Crippen molar-refractivity contribution in [3.05, 3.63) is 53.5 Å². The Hall–Kier alpha value is -2.60. The second-order valence-corrected chi connectivity index (χ2v) is 6.48. The third-order valence-corrected chi connectivity index (χ3v) is 4.56. The maximum absolute atomic E-state index is 11.8. The van der Waals surface area contributed by atoms with Crippen LogP contribution >= 0.6 is 11.3 Å². The lowest BCUT2D eigenvalue weighted by molar-refractivity contribution is -0.145. The summed E-state index contributed by atoms with van der Waals surface area (Å²) in [5, 5.41) is 0.809. The predicted molar refractivity (Wildman–Crippen MR) is 97.1 cm³/mol. The molecule has 0 spiro atoms. The molecule has 0 fully saturated rings. The number of esters is 1. The highest BCUT2D eigenvalue weighted by Gasteiger charge is 2.07. The molecular weight excluding hydrogens is 338 g/mol. The molecule has 130 valence electrons. The first-order chi connectivity index (χ1) is 12.2. The molecule has 25 heavy (non-hydrogen) atoms. The van der Waals surface area contributed by atoms with Crippen LogP contribution in [0.4, 0.5) is 0 Å². The smallest absolute Gasteiger partial charge is 0.306 e. The van der Waals surface area contributed by atoms with Crippen molar-refractivity contribution in [2.24, 2.45) is 0 Å². The molecule has 0 bridgehead atoms. The van der Waals surface area contributed by atoms with E-state index in [9.17, 15) is 4.79 Å². The number of rotatable bonds is 8. The molecule has 0 unspecified atom stereocenters. The van der Waals surface area contributed by atoms with Gasteiger partial charge >= 0.3 is 5.97 Å². The number of hydrogen-bond donors (Lipinski definition) is 0. The van der Waals surface area contributed by atoms with Crippen LogP contribution in [-0.2, 0) is 16.1 Å². The van der Waals surface area contributed by atoms with Crippen LogP contribution in [0.3, 0.4) is 0 Å². The Labute approximate surface area is 150 Å². The number of thiazole rings is 1. The maximum Gasteiger partial charge on any atom is 0.306 e. The molecule has 6 heteroatoms. The molecule has 5 nitrogen and oxygen atoms in total. The number of hydrogen-bond acceptors (Lipinski definition) is 6. The zero-order valence-electron chi connectivity index (χ0n) is 13.9. The average molecular weight is 357 g/mol. The second kappa shape index (κ2) is 8.48. The molecule has 0 saturated heterocycles. The van der Waals surface area contributed by atoms with Gasteiger partial charge in [0.2, 0.25) is 0 Å². The Morgan fingerprint density at radius 2 is 1.84 bits per heavy atom.